The van der Waals surface area contributed by atoms with E-state index in [1.165, 1.54) is 31.1 Å². The van der Waals surface area contributed by atoms with Crippen LogP contribution in [0.1, 0.15) is 124 Å². The first-order valence-electron chi connectivity index (χ1n) is 15.9. The number of hydrogen-bond donors (Lipinski definition) is 5. The number of nitrogens with zero attached hydrogens (tertiary/aromatic N) is 1. The Morgan fingerprint density at radius 3 is 1.63 bits per heavy atom. The first-order valence-corrected chi connectivity index (χ1v) is 15.9. The molecule has 0 spiro atoms. The molecule has 12 heteroatoms. The molecule has 0 unspecified atom stereocenters. The van der Waals surface area contributed by atoms with Gasteiger partial charge in [0.25, 0.3) is 0 Å². The standard InChI is InChI=1S/C31H56N4O8/c1-23(2)26(36)22-35(30(41)24(3)32)21-20-33-27(37)19-18-25(31(42)43)34-28(38)16-14-12-10-8-6-4-5-7-9-11-13-15-17-29(39)40/h23-25H,4-22,32H2,1-3H3,(H,33,37)(H,34,38)(H,39,40)(H,42,43)/t24-,25-/m0/s1. The van der Waals surface area contributed by atoms with Crippen molar-refractivity contribution in [2.24, 2.45) is 11.7 Å². The number of unbranched alkanes of at least 4 members (excludes halogenated alkanes) is 11. The summed E-state index contributed by atoms with van der Waals surface area (Å²) in [6.07, 6.45) is 12.6. The van der Waals surface area contributed by atoms with Crippen molar-refractivity contribution in [3.63, 3.8) is 0 Å². The highest BCUT2D eigenvalue weighted by atomic mass is 16.4. The van der Waals surface area contributed by atoms with E-state index in [4.69, 9.17) is 10.8 Å². The zero-order chi connectivity index (χ0) is 32.6. The van der Waals surface area contributed by atoms with Crippen LogP contribution in [-0.4, -0.2) is 82.3 Å². The largest absolute Gasteiger partial charge is 0.481 e. The van der Waals surface area contributed by atoms with Crippen LogP contribution in [0.2, 0.25) is 0 Å². The van der Waals surface area contributed by atoms with Crippen LogP contribution in [0.5, 0.6) is 0 Å². The van der Waals surface area contributed by atoms with Gasteiger partial charge in [0, 0.05) is 38.3 Å². The Balaban J connectivity index is 4.11. The quantitative estimate of drug-likeness (QED) is 0.0863. The SMILES string of the molecule is CC(C)C(=O)CN(CCNC(=O)CC[C@H](NC(=O)CCCCCCCCCCCCCCC(=O)O)C(=O)O)C(=O)[C@H](C)N. The fourth-order valence-electron chi connectivity index (χ4n) is 4.47. The molecule has 0 rings (SSSR count). The first kappa shape index (κ1) is 40.0. The number of nitrogens with one attached hydrogen (secondary N) is 2. The molecular weight excluding hydrogens is 556 g/mol. The number of carboxylic acids is 2. The van der Waals surface area contributed by atoms with Crippen LogP contribution in [0.4, 0.5) is 0 Å². The van der Waals surface area contributed by atoms with E-state index >= 15 is 0 Å². The van der Waals surface area contributed by atoms with Crippen LogP contribution in [-0.2, 0) is 28.8 Å². The molecule has 0 aliphatic heterocycles. The lowest BCUT2D eigenvalue weighted by molar-refractivity contribution is -0.142. The smallest absolute Gasteiger partial charge is 0.326 e. The van der Waals surface area contributed by atoms with Crippen molar-refractivity contribution < 1.29 is 39.0 Å². The van der Waals surface area contributed by atoms with E-state index in [1.54, 1.807) is 13.8 Å². The number of carbonyl (C=O) groups excluding carboxylic acids is 4. The number of ketones is 1. The van der Waals surface area contributed by atoms with Gasteiger partial charge in [-0.25, -0.2) is 4.79 Å². The molecule has 0 heterocycles. The number of amides is 3. The summed E-state index contributed by atoms with van der Waals surface area (Å²) < 4.78 is 0. The van der Waals surface area contributed by atoms with E-state index in [9.17, 15) is 33.9 Å². The molecule has 43 heavy (non-hydrogen) atoms. The lowest BCUT2D eigenvalue weighted by atomic mass is 10.0. The van der Waals surface area contributed by atoms with Crippen LogP contribution in [0.3, 0.4) is 0 Å². The van der Waals surface area contributed by atoms with Crippen LogP contribution in [0.15, 0.2) is 0 Å². The minimum absolute atomic E-state index is 0.0659. The average Bonchev–Trinajstić information content (AvgIpc) is 2.93. The molecule has 0 aromatic carbocycles. The zero-order valence-electron chi connectivity index (χ0n) is 26.5. The summed E-state index contributed by atoms with van der Waals surface area (Å²) in [6.45, 7) is 5.08. The van der Waals surface area contributed by atoms with Crippen molar-refractivity contribution in [2.45, 2.75) is 136 Å². The summed E-state index contributed by atoms with van der Waals surface area (Å²) in [5, 5.41) is 23.2. The molecule has 0 aliphatic carbocycles. The fraction of sp³-hybridized carbons (Fsp3) is 0.806. The molecular formula is C31H56N4O8. The molecule has 2 atom stereocenters. The van der Waals surface area contributed by atoms with Gasteiger partial charge in [0.2, 0.25) is 17.7 Å². The molecule has 0 aromatic heterocycles. The van der Waals surface area contributed by atoms with Crippen molar-refractivity contribution in [3.05, 3.63) is 0 Å². The van der Waals surface area contributed by atoms with Crippen molar-refractivity contribution >= 4 is 35.4 Å². The van der Waals surface area contributed by atoms with E-state index in [0.717, 1.165) is 51.4 Å². The van der Waals surface area contributed by atoms with Gasteiger partial charge >= 0.3 is 11.9 Å². The second-order valence-corrected chi connectivity index (χ2v) is 11.7. The molecule has 0 radical (unpaired) electrons. The zero-order valence-corrected chi connectivity index (χ0v) is 26.5. The maximum Gasteiger partial charge on any atom is 0.326 e. The molecule has 248 valence electrons. The van der Waals surface area contributed by atoms with Crippen molar-refractivity contribution in [1.29, 1.82) is 0 Å². The van der Waals surface area contributed by atoms with E-state index < -0.39 is 35.8 Å². The summed E-state index contributed by atoms with van der Waals surface area (Å²) in [5.41, 5.74) is 5.67. The Morgan fingerprint density at radius 2 is 1.19 bits per heavy atom. The van der Waals surface area contributed by atoms with Gasteiger partial charge in [-0.1, -0.05) is 78.1 Å². The maximum atomic E-state index is 12.3. The molecule has 0 bridgehead atoms. The minimum Gasteiger partial charge on any atom is -0.481 e. The van der Waals surface area contributed by atoms with Gasteiger partial charge in [0.1, 0.15) is 6.04 Å². The van der Waals surface area contributed by atoms with E-state index in [-0.39, 0.29) is 62.9 Å². The third-order valence-electron chi connectivity index (χ3n) is 7.23. The number of aliphatic carboxylic acids is 2. The number of nitrogens with two attached hydrogens (primary N) is 1. The molecule has 6 N–H and O–H groups in total. The van der Waals surface area contributed by atoms with Crippen molar-refractivity contribution in [1.82, 2.24) is 15.5 Å². The third-order valence-corrected chi connectivity index (χ3v) is 7.23. The van der Waals surface area contributed by atoms with E-state index in [1.807, 2.05) is 0 Å². The summed E-state index contributed by atoms with van der Waals surface area (Å²) in [7, 11) is 0. The predicted molar refractivity (Wildman–Crippen MR) is 164 cm³/mol. The van der Waals surface area contributed by atoms with Crippen molar-refractivity contribution in [2.75, 3.05) is 19.6 Å². The number of carboxylic acid groups (broad SMARTS) is 2. The Labute approximate surface area is 256 Å². The Bertz CT molecular complexity index is 863. The van der Waals surface area contributed by atoms with Gasteiger partial charge in [-0.3, -0.25) is 24.0 Å². The van der Waals surface area contributed by atoms with Gasteiger partial charge in [0.15, 0.2) is 5.78 Å². The van der Waals surface area contributed by atoms with Crippen LogP contribution < -0.4 is 16.4 Å². The highest BCUT2D eigenvalue weighted by Crippen LogP contribution is 2.13. The maximum absolute atomic E-state index is 12.3. The minimum atomic E-state index is -1.21. The van der Waals surface area contributed by atoms with Gasteiger partial charge in [-0.15, -0.1) is 0 Å². The second kappa shape index (κ2) is 24.4. The highest BCUT2D eigenvalue weighted by Gasteiger charge is 2.23. The van der Waals surface area contributed by atoms with E-state index in [2.05, 4.69) is 10.6 Å². The fourth-order valence-corrected chi connectivity index (χ4v) is 4.47. The normalized spacial score (nSPS) is 12.4. The summed E-state index contributed by atoms with van der Waals surface area (Å²) in [4.78, 5) is 72.3. The lowest BCUT2D eigenvalue weighted by Crippen LogP contribution is -2.48. The summed E-state index contributed by atoms with van der Waals surface area (Å²) >= 11 is 0. The van der Waals surface area contributed by atoms with Crippen LogP contribution in [0.25, 0.3) is 0 Å². The van der Waals surface area contributed by atoms with Gasteiger partial charge < -0.3 is 31.5 Å². The molecule has 0 fully saturated rings. The Hall–Kier alpha value is -3.02. The summed E-state index contributed by atoms with van der Waals surface area (Å²) in [5.74, 6) is -3.46. The Morgan fingerprint density at radius 1 is 0.698 bits per heavy atom. The molecule has 12 nitrogen and oxygen atoms in total. The van der Waals surface area contributed by atoms with Gasteiger partial charge in [-0.05, 0) is 26.2 Å². The molecule has 0 aromatic rings. The van der Waals surface area contributed by atoms with Gasteiger partial charge in [-0.2, -0.15) is 0 Å². The highest BCUT2D eigenvalue weighted by molar-refractivity contribution is 5.89. The molecule has 3 amide bonds. The topological polar surface area (TPSA) is 196 Å². The first-order chi connectivity index (χ1) is 20.3. The number of rotatable bonds is 27. The Kier molecular flexibility index (Phi) is 22.7. The molecule has 0 saturated heterocycles. The number of Topliss-reactive ketones (excluding diaryl/α,β-unsaturated/α-hetero) is 1. The molecule has 0 saturated carbocycles. The number of carbonyl (C=O) groups is 6. The average molecular weight is 613 g/mol. The number of hydrogen-bond acceptors (Lipinski definition) is 7. The van der Waals surface area contributed by atoms with Crippen LogP contribution >= 0.6 is 0 Å². The van der Waals surface area contributed by atoms with Gasteiger partial charge in [0.05, 0.1) is 12.6 Å². The summed E-state index contributed by atoms with van der Waals surface area (Å²) in [6, 6.07) is -1.96. The van der Waals surface area contributed by atoms with Crippen molar-refractivity contribution in [3.8, 4) is 0 Å². The predicted octanol–water partition coefficient (Wildman–Crippen LogP) is 3.40. The monoisotopic (exact) mass is 612 g/mol. The molecule has 0 aliphatic rings. The lowest BCUT2D eigenvalue weighted by Gasteiger charge is -2.24. The van der Waals surface area contributed by atoms with E-state index in [0.29, 0.717) is 6.42 Å². The van der Waals surface area contributed by atoms with Crippen LogP contribution in [0, 0.1) is 5.92 Å². The second-order valence-electron chi connectivity index (χ2n) is 11.7. The third kappa shape index (κ3) is 22.2.